The molecule has 1 heterocycles. The third kappa shape index (κ3) is 4.89. The van der Waals surface area contributed by atoms with Gasteiger partial charge < -0.3 is 14.8 Å². The number of carbonyl (C=O) groups excluding carboxylic acids is 2. The van der Waals surface area contributed by atoms with E-state index >= 15 is 0 Å². The Kier molecular flexibility index (Phi) is 5.96. The number of esters is 1. The van der Waals surface area contributed by atoms with Crippen LogP contribution < -0.4 is 5.32 Å². The molecular weight excluding hydrogens is 366 g/mol. The van der Waals surface area contributed by atoms with Crippen molar-refractivity contribution in [1.82, 2.24) is 5.32 Å². The van der Waals surface area contributed by atoms with E-state index in [0.717, 1.165) is 11.3 Å². The molecule has 0 atom stereocenters. The molecule has 10 heteroatoms. The molecule has 2 aromatic rings. The average Bonchev–Trinajstić information content (AvgIpc) is 2.90. The Hall–Kier alpha value is -2.20. The molecule has 0 aliphatic carbocycles. The largest absolute Gasteiger partial charge is 0.451 e. The number of fused-ring (bicyclic) bond motifs is 1. The molecule has 1 aromatic carbocycles. The summed E-state index contributed by atoms with van der Waals surface area (Å²) in [6.07, 6.45) is -4.56. The molecule has 1 N–H and O–H groups in total. The van der Waals surface area contributed by atoms with Gasteiger partial charge in [0.1, 0.15) is 17.2 Å². The Morgan fingerprint density at radius 1 is 1.28 bits per heavy atom. The van der Waals surface area contributed by atoms with E-state index in [1.807, 2.05) is 0 Å². The highest BCUT2D eigenvalue weighted by atomic mass is 32.1. The number of carbonyl (C=O) groups is 2. The third-order valence-electron chi connectivity index (χ3n) is 3.06. The molecule has 0 aliphatic rings. The first-order valence-electron chi connectivity index (χ1n) is 6.92. The average molecular weight is 379 g/mol. The van der Waals surface area contributed by atoms with E-state index in [2.05, 4.69) is 0 Å². The number of thiophene rings is 1. The van der Waals surface area contributed by atoms with Crippen LogP contribution in [0.4, 0.5) is 17.6 Å². The summed E-state index contributed by atoms with van der Waals surface area (Å²) in [5, 5.41) is 1.79. The fourth-order valence-corrected chi connectivity index (χ4v) is 3.18. The monoisotopic (exact) mass is 379 g/mol. The van der Waals surface area contributed by atoms with Crippen molar-refractivity contribution >= 4 is 33.3 Å². The lowest BCUT2D eigenvalue weighted by Gasteiger charge is -2.09. The number of hydrogen-bond donors (Lipinski definition) is 1. The number of halogens is 4. The fraction of sp³-hybridized carbons (Fsp3) is 0.333. The summed E-state index contributed by atoms with van der Waals surface area (Å²) < 4.78 is 60.2. The van der Waals surface area contributed by atoms with Crippen LogP contribution in [-0.4, -0.2) is 38.3 Å². The van der Waals surface area contributed by atoms with E-state index in [0.29, 0.717) is 4.70 Å². The molecule has 25 heavy (non-hydrogen) atoms. The van der Waals surface area contributed by atoms with Crippen LogP contribution in [0.1, 0.15) is 15.2 Å². The Morgan fingerprint density at radius 2 is 2.00 bits per heavy atom. The quantitative estimate of drug-likeness (QED) is 0.619. The molecule has 2 rings (SSSR count). The molecule has 0 bridgehead atoms. The highest BCUT2D eigenvalue weighted by Gasteiger charge is 2.28. The smallest absolute Gasteiger partial charge is 0.405 e. The zero-order chi connectivity index (χ0) is 18.6. The maximum atomic E-state index is 14.0. The summed E-state index contributed by atoms with van der Waals surface area (Å²) in [5.74, 6) is -2.57. The molecule has 0 fully saturated rings. The minimum atomic E-state index is -4.56. The highest BCUT2D eigenvalue weighted by molar-refractivity contribution is 7.21. The van der Waals surface area contributed by atoms with E-state index in [9.17, 15) is 27.2 Å². The second-order valence-corrected chi connectivity index (χ2v) is 5.98. The van der Waals surface area contributed by atoms with Gasteiger partial charge in [-0.2, -0.15) is 13.2 Å². The van der Waals surface area contributed by atoms with Gasteiger partial charge in [0, 0.05) is 22.8 Å². The van der Waals surface area contributed by atoms with Gasteiger partial charge in [0.25, 0.3) is 5.91 Å². The van der Waals surface area contributed by atoms with Gasteiger partial charge in [0.05, 0.1) is 6.61 Å². The summed E-state index contributed by atoms with van der Waals surface area (Å²) >= 11 is 0.949. The van der Waals surface area contributed by atoms with Gasteiger partial charge in [-0.3, -0.25) is 4.79 Å². The number of rotatable bonds is 6. The van der Waals surface area contributed by atoms with Crippen LogP contribution in [-0.2, 0) is 20.9 Å². The third-order valence-corrected chi connectivity index (χ3v) is 4.24. The van der Waals surface area contributed by atoms with E-state index in [-0.39, 0.29) is 22.4 Å². The van der Waals surface area contributed by atoms with Crippen molar-refractivity contribution in [2.75, 3.05) is 20.3 Å². The molecule has 1 aromatic heterocycles. The minimum absolute atomic E-state index is 0.0329. The Balaban J connectivity index is 2.12. The predicted molar refractivity (Wildman–Crippen MR) is 81.8 cm³/mol. The van der Waals surface area contributed by atoms with Crippen molar-refractivity contribution in [2.24, 2.45) is 0 Å². The van der Waals surface area contributed by atoms with Crippen molar-refractivity contribution in [2.45, 2.75) is 12.8 Å². The van der Waals surface area contributed by atoms with Crippen molar-refractivity contribution < 1.29 is 36.6 Å². The van der Waals surface area contributed by atoms with Crippen LogP contribution in [0.15, 0.2) is 18.2 Å². The summed E-state index contributed by atoms with van der Waals surface area (Å²) in [7, 11) is 1.37. The second kappa shape index (κ2) is 7.79. The summed E-state index contributed by atoms with van der Waals surface area (Å²) in [6, 6.07) is 4.31. The van der Waals surface area contributed by atoms with Crippen LogP contribution in [0.2, 0.25) is 0 Å². The maximum Gasteiger partial charge on any atom is 0.405 e. The first-order chi connectivity index (χ1) is 11.7. The van der Waals surface area contributed by atoms with Crippen LogP contribution in [0.3, 0.4) is 0 Å². The van der Waals surface area contributed by atoms with E-state index in [1.165, 1.54) is 19.2 Å². The zero-order valence-electron chi connectivity index (χ0n) is 12.9. The van der Waals surface area contributed by atoms with Crippen LogP contribution >= 0.6 is 11.3 Å². The number of amides is 1. The first kappa shape index (κ1) is 19.1. The Bertz CT molecular complexity index is 788. The van der Waals surface area contributed by atoms with Crippen molar-refractivity contribution in [3.8, 4) is 0 Å². The zero-order valence-corrected chi connectivity index (χ0v) is 13.7. The molecule has 0 saturated heterocycles. The van der Waals surface area contributed by atoms with Gasteiger partial charge in [-0.1, -0.05) is 6.07 Å². The van der Waals surface area contributed by atoms with Gasteiger partial charge in [0.2, 0.25) is 0 Å². The molecule has 0 spiro atoms. The molecule has 0 unspecified atom stereocenters. The molecule has 1 amide bonds. The van der Waals surface area contributed by atoms with Crippen LogP contribution in [0.25, 0.3) is 10.1 Å². The van der Waals surface area contributed by atoms with E-state index in [1.54, 1.807) is 11.4 Å². The minimum Gasteiger partial charge on any atom is -0.451 e. The Labute approximate surface area is 143 Å². The summed E-state index contributed by atoms with van der Waals surface area (Å²) in [4.78, 5) is 23.5. The van der Waals surface area contributed by atoms with Gasteiger partial charge in [-0.05, 0) is 12.1 Å². The van der Waals surface area contributed by atoms with Crippen LogP contribution in [0, 0.1) is 5.82 Å². The number of nitrogens with one attached hydrogen (secondary N) is 1. The SMILES string of the molecule is COCc1c(C(=O)OCC(=O)NCC(F)(F)F)sc2cccc(F)c12. The number of methoxy groups -OCH3 is 1. The lowest BCUT2D eigenvalue weighted by atomic mass is 10.1. The number of alkyl halides is 3. The van der Waals surface area contributed by atoms with Gasteiger partial charge >= 0.3 is 12.1 Å². The number of hydrogen-bond acceptors (Lipinski definition) is 5. The molecule has 0 aliphatic heterocycles. The van der Waals surface area contributed by atoms with Gasteiger partial charge in [-0.15, -0.1) is 11.3 Å². The van der Waals surface area contributed by atoms with Gasteiger partial charge in [0.15, 0.2) is 6.61 Å². The number of benzene rings is 1. The van der Waals surface area contributed by atoms with Crippen LogP contribution in [0.5, 0.6) is 0 Å². The molecule has 136 valence electrons. The molecular formula is C15H13F4NO4S. The molecule has 0 radical (unpaired) electrons. The first-order valence-corrected chi connectivity index (χ1v) is 7.74. The maximum absolute atomic E-state index is 14.0. The summed E-state index contributed by atoms with van der Waals surface area (Å²) in [5.41, 5.74) is 0.265. The second-order valence-electron chi connectivity index (χ2n) is 4.92. The molecule has 0 saturated carbocycles. The lowest BCUT2D eigenvalue weighted by molar-refractivity contribution is -0.140. The lowest BCUT2D eigenvalue weighted by Crippen LogP contribution is -2.36. The van der Waals surface area contributed by atoms with Gasteiger partial charge in [-0.25, -0.2) is 9.18 Å². The van der Waals surface area contributed by atoms with Crippen molar-refractivity contribution in [3.63, 3.8) is 0 Å². The fourth-order valence-electron chi connectivity index (χ4n) is 2.06. The van der Waals surface area contributed by atoms with Crippen molar-refractivity contribution in [1.29, 1.82) is 0 Å². The normalized spacial score (nSPS) is 11.6. The van der Waals surface area contributed by atoms with Crippen molar-refractivity contribution in [3.05, 3.63) is 34.5 Å². The predicted octanol–water partition coefficient (Wildman–Crippen LogP) is 3.02. The number of ether oxygens (including phenoxy) is 2. The molecule has 5 nitrogen and oxygen atoms in total. The summed E-state index contributed by atoms with van der Waals surface area (Å²) in [6.45, 7) is -2.46. The van der Waals surface area contributed by atoms with E-state index < -0.39 is 37.0 Å². The van der Waals surface area contributed by atoms with E-state index in [4.69, 9.17) is 9.47 Å². The Morgan fingerprint density at radius 3 is 2.64 bits per heavy atom. The highest BCUT2D eigenvalue weighted by Crippen LogP contribution is 2.34. The topological polar surface area (TPSA) is 64.6 Å². The standard InChI is InChI=1S/C15H13F4NO4S/c1-23-5-8-12-9(16)3-2-4-10(12)25-13(8)14(22)24-6-11(21)20-7-15(17,18)19/h2-4H,5-7H2,1H3,(H,20,21).